The van der Waals surface area contributed by atoms with E-state index in [1.165, 1.54) is 33.1 Å². The minimum absolute atomic E-state index is 0.0204. The molecule has 25 heavy (non-hydrogen) atoms. The van der Waals surface area contributed by atoms with Gasteiger partial charge in [-0.25, -0.2) is 0 Å². The average Bonchev–Trinajstić information content (AvgIpc) is 3.20. The first-order chi connectivity index (χ1) is 12.2. The third-order valence-electron chi connectivity index (χ3n) is 4.36. The molecule has 4 aromatic rings. The summed E-state index contributed by atoms with van der Waals surface area (Å²) in [5, 5.41) is 2.46. The largest absolute Gasteiger partial charge is 0.341 e. The molecule has 0 unspecified atom stereocenters. The molecule has 0 atom stereocenters. The quantitative estimate of drug-likeness (QED) is 0.302. The summed E-state index contributed by atoms with van der Waals surface area (Å²) >= 11 is 7.20. The van der Waals surface area contributed by atoms with Crippen molar-refractivity contribution in [2.45, 2.75) is 13.5 Å². The first-order valence-electron chi connectivity index (χ1n) is 8.16. The Kier molecular flexibility index (Phi) is 4.20. The Hall–Kier alpha value is -2.36. The molecule has 2 aromatic carbocycles. The first-order valence-corrected chi connectivity index (χ1v) is 9.35. The molecule has 2 aromatic heterocycles. The molecule has 0 saturated heterocycles. The Balaban J connectivity index is 1.75. The van der Waals surface area contributed by atoms with Crippen molar-refractivity contribution in [2.75, 3.05) is 0 Å². The van der Waals surface area contributed by atoms with Crippen LogP contribution >= 0.6 is 22.9 Å². The van der Waals surface area contributed by atoms with Crippen LogP contribution in [0.1, 0.15) is 22.2 Å². The topological polar surface area (TPSA) is 22.0 Å². The summed E-state index contributed by atoms with van der Waals surface area (Å²) < 4.78 is 2.95. The maximum atomic E-state index is 12.2. The number of aryl methyl sites for hydroxylation is 1. The molecule has 0 spiro atoms. The summed E-state index contributed by atoms with van der Waals surface area (Å²) in [5.74, 6) is -0.0204. The van der Waals surface area contributed by atoms with Gasteiger partial charge in [0.25, 0.3) is 0 Å². The molecule has 4 heteroatoms. The molecule has 0 fully saturated rings. The molecule has 0 saturated carbocycles. The molecule has 2 nitrogen and oxygen atoms in total. The number of carbonyl (C=O) groups excluding carboxylic acids is 1. The van der Waals surface area contributed by atoms with E-state index in [1.807, 2.05) is 6.08 Å². The minimum atomic E-state index is -0.0204. The lowest BCUT2D eigenvalue weighted by Gasteiger charge is -2.02. The van der Waals surface area contributed by atoms with Crippen molar-refractivity contribution < 1.29 is 4.79 Å². The number of benzene rings is 2. The Morgan fingerprint density at radius 3 is 2.64 bits per heavy atom. The number of hydrogen-bond donors (Lipinski definition) is 0. The maximum absolute atomic E-state index is 12.2. The van der Waals surface area contributed by atoms with E-state index >= 15 is 0 Å². The van der Waals surface area contributed by atoms with Gasteiger partial charge in [0, 0.05) is 28.4 Å². The van der Waals surface area contributed by atoms with Gasteiger partial charge in [-0.1, -0.05) is 41.9 Å². The van der Waals surface area contributed by atoms with Gasteiger partial charge >= 0.3 is 0 Å². The number of ketones is 1. The zero-order valence-corrected chi connectivity index (χ0v) is 15.3. The number of halogens is 1. The van der Waals surface area contributed by atoms with Crippen molar-refractivity contribution in [1.82, 2.24) is 4.57 Å². The summed E-state index contributed by atoms with van der Waals surface area (Å²) in [5.41, 5.74) is 3.48. The number of fused-ring (bicyclic) bond motifs is 3. The lowest BCUT2D eigenvalue weighted by Crippen LogP contribution is -1.92. The molecule has 2 heterocycles. The normalized spacial score (nSPS) is 11.8. The van der Waals surface area contributed by atoms with Gasteiger partial charge < -0.3 is 4.57 Å². The predicted molar refractivity (Wildman–Crippen MR) is 108 cm³/mol. The molecule has 0 radical (unpaired) electrons. The Morgan fingerprint density at radius 2 is 1.88 bits per heavy atom. The molecule has 0 bridgehead atoms. The Morgan fingerprint density at radius 1 is 1.08 bits per heavy atom. The molecular weight excluding hydrogens is 350 g/mol. The third-order valence-corrected chi connectivity index (χ3v) is 5.60. The molecular formula is C21H16ClNOS. The number of aromatic nitrogens is 1. The van der Waals surface area contributed by atoms with Crippen LogP contribution in [0.2, 0.25) is 4.34 Å². The lowest BCUT2D eigenvalue weighted by molar-refractivity contribution is 0.105. The number of rotatable bonds is 4. The smallest absolute Gasteiger partial charge is 0.195 e. The summed E-state index contributed by atoms with van der Waals surface area (Å²) in [4.78, 5) is 12.9. The van der Waals surface area contributed by atoms with E-state index in [4.69, 9.17) is 11.6 Å². The Bertz CT molecular complexity index is 1120. The van der Waals surface area contributed by atoms with Gasteiger partial charge in [-0.2, -0.15) is 0 Å². The van der Waals surface area contributed by atoms with Gasteiger partial charge in [-0.15, -0.1) is 11.3 Å². The highest BCUT2D eigenvalue weighted by molar-refractivity contribution is 7.18. The monoisotopic (exact) mass is 365 g/mol. The number of hydrogen-bond acceptors (Lipinski definition) is 2. The van der Waals surface area contributed by atoms with Gasteiger partial charge in [0.1, 0.15) is 0 Å². The second-order valence-corrected chi connectivity index (χ2v) is 7.55. The van der Waals surface area contributed by atoms with Gasteiger partial charge in [0.15, 0.2) is 5.78 Å². The summed E-state index contributed by atoms with van der Waals surface area (Å²) in [6, 6.07) is 18.3. The van der Waals surface area contributed by atoms with Crippen LogP contribution in [0.4, 0.5) is 0 Å². The molecule has 0 aliphatic rings. The van der Waals surface area contributed by atoms with Crippen molar-refractivity contribution in [3.05, 3.63) is 75.5 Å². The summed E-state index contributed by atoms with van der Waals surface area (Å²) in [6.07, 6.45) is 3.48. The van der Waals surface area contributed by atoms with E-state index in [9.17, 15) is 4.79 Å². The fraction of sp³-hybridized carbons (Fsp3) is 0.0952. The van der Waals surface area contributed by atoms with E-state index in [-0.39, 0.29) is 5.78 Å². The highest BCUT2D eigenvalue weighted by Crippen LogP contribution is 2.30. The van der Waals surface area contributed by atoms with Crippen LogP contribution in [0.3, 0.4) is 0 Å². The molecule has 124 valence electrons. The number of para-hydroxylation sites is 1. The van der Waals surface area contributed by atoms with E-state index in [1.54, 1.807) is 18.2 Å². The first kappa shape index (κ1) is 16.1. The molecule has 4 rings (SSSR count). The number of carbonyl (C=O) groups is 1. The fourth-order valence-electron chi connectivity index (χ4n) is 3.22. The molecule has 0 aliphatic heterocycles. The standard InChI is InChI=1S/C21H16ClNOS/c1-2-23-17-6-4-3-5-15(17)16-13-14(7-9-18(16)23)8-10-19(24)20-11-12-21(22)25-20/h3-13H,2H2,1H3/b10-8+. The van der Waals surface area contributed by atoms with Crippen LogP contribution in [0.15, 0.2) is 60.7 Å². The van der Waals surface area contributed by atoms with Crippen molar-refractivity contribution in [1.29, 1.82) is 0 Å². The van der Waals surface area contributed by atoms with Crippen molar-refractivity contribution in [2.24, 2.45) is 0 Å². The van der Waals surface area contributed by atoms with E-state index in [0.717, 1.165) is 12.1 Å². The van der Waals surface area contributed by atoms with Crippen LogP contribution in [-0.2, 0) is 6.54 Å². The van der Waals surface area contributed by atoms with Gasteiger partial charge in [-0.05, 0) is 48.9 Å². The van der Waals surface area contributed by atoms with Crippen LogP contribution in [0.5, 0.6) is 0 Å². The predicted octanol–water partition coefficient (Wildman–Crippen LogP) is 6.43. The number of nitrogens with zero attached hydrogens (tertiary/aromatic N) is 1. The van der Waals surface area contributed by atoms with Crippen LogP contribution in [0.25, 0.3) is 27.9 Å². The molecule has 0 aliphatic carbocycles. The summed E-state index contributed by atoms with van der Waals surface area (Å²) in [7, 11) is 0. The number of thiophene rings is 1. The minimum Gasteiger partial charge on any atom is -0.341 e. The maximum Gasteiger partial charge on any atom is 0.195 e. The van der Waals surface area contributed by atoms with Crippen LogP contribution in [0, 0.1) is 0 Å². The number of allylic oxidation sites excluding steroid dienone is 1. The van der Waals surface area contributed by atoms with Crippen LogP contribution < -0.4 is 0 Å². The van der Waals surface area contributed by atoms with E-state index < -0.39 is 0 Å². The van der Waals surface area contributed by atoms with Crippen molar-refractivity contribution in [3.8, 4) is 0 Å². The highest BCUT2D eigenvalue weighted by Gasteiger charge is 2.09. The van der Waals surface area contributed by atoms with E-state index in [2.05, 4.69) is 54.0 Å². The lowest BCUT2D eigenvalue weighted by atomic mass is 10.1. The fourth-order valence-corrected chi connectivity index (χ4v) is 4.18. The highest BCUT2D eigenvalue weighted by atomic mass is 35.5. The SMILES string of the molecule is CCn1c2ccccc2c2cc(/C=C/C(=O)c3ccc(Cl)s3)ccc21. The van der Waals surface area contributed by atoms with Gasteiger partial charge in [0.2, 0.25) is 0 Å². The average molecular weight is 366 g/mol. The second kappa shape index (κ2) is 6.51. The zero-order valence-electron chi connectivity index (χ0n) is 13.7. The second-order valence-electron chi connectivity index (χ2n) is 5.84. The van der Waals surface area contributed by atoms with Gasteiger partial charge in [-0.3, -0.25) is 4.79 Å². The zero-order chi connectivity index (χ0) is 17.4. The van der Waals surface area contributed by atoms with Crippen LogP contribution in [-0.4, -0.2) is 10.4 Å². The van der Waals surface area contributed by atoms with Gasteiger partial charge in [0.05, 0.1) is 9.21 Å². The van der Waals surface area contributed by atoms with E-state index in [0.29, 0.717) is 9.21 Å². The Labute approximate surface area is 155 Å². The molecule has 0 amide bonds. The van der Waals surface area contributed by atoms with Crippen molar-refractivity contribution >= 4 is 56.6 Å². The third kappa shape index (κ3) is 2.90. The molecule has 0 N–H and O–H groups in total. The van der Waals surface area contributed by atoms with Crippen molar-refractivity contribution in [3.63, 3.8) is 0 Å². The summed E-state index contributed by atoms with van der Waals surface area (Å²) in [6.45, 7) is 3.08.